The highest BCUT2D eigenvalue weighted by molar-refractivity contribution is 8.04. The lowest BCUT2D eigenvalue weighted by Crippen LogP contribution is -2.17. The number of thioether (sulfide) groups is 1. The van der Waals surface area contributed by atoms with E-state index < -0.39 is 0 Å². The topological polar surface area (TPSA) is 44.9 Å². The molecule has 0 unspecified atom stereocenters. The molecule has 2 aromatic rings. The van der Waals surface area contributed by atoms with Crippen molar-refractivity contribution >= 4 is 41.0 Å². The van der Waals surface area contributed by atoms with Crippen molar-refractivity contribution in [2.45, 2.75) is 4.90 Å². The van der Waals surface area contributed by atoms with Crippen molar-refractivity contribution in [3.8, 4) is 0 Å². The Morgan fingerprint density at radius 2 is 2.17 bits per heavy atom. The maximum absolute atomic E-state index is 11.9. The smallest absolute Gasteiger partial charge is 0.262 e. The van der Waals surface area contributed by atoms with Crippen molar-refractivity contribution in [2.75, 3.05) is 5.32 Å². The van der Waals surface area contributed by atoms with Gasteiger partial charge in [-0.25, -0.2) is 0 Å². The Balaban J connectivity index is 1.98. The minimum absolute atomic E-state index is 0.0931. The number of rotatable bonds is 1. The van der Waals surface area contributed by atoms with E-state index in [4.69, 9.17) is 11.6 Å². The van der Waals surface area contributed by atoms with Crippen LogP contribution in [0.1, 0.15) is 5.69 Å². The first-order valence-corrected chi connectivity index (χ1v) is 6.56. The molecule has 0 spiro atoms. The number of aromatic nitrogens is 1. The summed E-state index contributed by atoms with van der Waals surface area (Å²) in [5, 5.41) is 3.51. The van der Waals surface area contributed by atoms with Gasteiger partial charge in [-0.15, -0.1) is 0 Å². The molecule has 0 fully saturated rings. The van der Waals surface area contributed by atoms with E-state index in [2.05, 4.69) is 10.3 Å². The van der Waals surface area contributed by atoms with Gasteiger partial charge in [0.2, 0.25) is 0 Å². The van der Waals surface area contributed by atoms with E-state index in [0.717, 1.165) is 16.3 Å². The van der Waals surface area contributed by atoms with Gasteiger partial charge < -0.3 is 10.3 Å². The van der Waals surface area contributed by atoms with Gasteiger partial charge in [-0.2, -0.15) is 0 Å². The van der Waals surface area contributed by atoms with Gasteiger partial charge in [0, 0.05) is 21.8 Å². The molecule has 1 aromatic heterocycles. The molecule has 0 radical (unpaired) electrons. The molecule has 1 aliphatic heterocycles. The number of anilines is 1. The Morgan fingerprint density at radius 1 is 1.28 bits per heavy atom. The second kappa shape index (κ2) is 4.55. The summed E-state index contributed by atoms with van der Waals surface area (Å²) in [6.45, 7) is 0. The van der Waals surface area contributed by atoms with Crippen molar-refractivity contribution in [1.29, 1.82) is 0 Å². The maximum Gasteiger partial charge on any atom is 0.262 e. The molecule has 18 heavy (non-hydrogen) atoms. The van der Waals surface area contributed by atoms with Gasteiger partial charge in [-0.05, 0) is 36.4 Å². The lowest BCUT2D eigenvalue weighted by molar-refractivity contribution is -0.112. The minimum Gasteiger partial charge on any atom is -0.362 e. The van der Waals surface area contributed by atoms with Gasteiger partial charge in [0.15, 0.2) is 0 Å². The zero-order valence-corrected chi connectivity index (χ0v) is 10.8. The first-order chi connectivity index (χ1) is 8.72. The molecule has 0 atom stereocenters. The fourth-order valence-corrected chi connectivity index (χ4v) is 2.92. The third kappa shape index (κ3) is 2.17. The van der Waals surface area contributed by atoms with Crippen LogP contribution in [0.25, 0.3) is 6.08 Å². The molecular weight excluding hydrogens is 268 g/mol. The molecule has 1 aliphatic rings. The summed E-state index contributed by atoms with van der Waals surface area (Å²) in [6, 6.07) is 9.23. The average Bonchev–Trinajstić information content (AvgIpc) is 2.83. The highest BCUT2D eigenvalue weighted by Gasteiger charge is 2.21. The molecule has 90 valence electrons. The summed E-state index contributed by atoms with van der Waals surface area (Å²) < 4.78 is 0. The first kappa shape index (κ1) is 11.4. The quantitative estimate of drug-likeness (QED) is 0.779. The van der Waals surface area contributed by atoms with Crippen LogP contribution in [0.15, 0.2) is 46.3 Å². The molecule has 3 rings (SSSR count). The van der Waals surface area contributed by atoms with E-state index in [0.29, 0.717) is 9.93 Å². The van der Waals surface area contributed by atoms with Gasteiger partial charge in [-0.3, -0.25) is 4.79 Å². The van der Waals surface area contributed by atoms with Crippen LogP contribution in [-0.4, -0.2) is 10.9 Å². The number of fused-ring (bicyclic) bond motifs is 1. The monoisotopic (exact) mass is 276 g/mol. The van der Waals surface area contributed by atoms with Crippen LogP contribution in [0.5, 0.6) is 0 Å². The third-order valence-corrected chi connectivity index (χ3v) is 3.86. The third-order valence-electron chi connectivity index (χ3n) is 2.54. The summed E-state index contributed by atoms with van der Waals surface area (Å²) in [4.78, 5) is 16.6. The zero-order valence-electron chi connectivity index (χ0n) is 9.24. The molecule has 0 aliphatic carbocycles. The van der Waals surface area contributed by atoms with Gasteiger partial charge in [-0.1, -0.05) is 23.4 Å². The van der Waals surface area contributed by atoms with Crippen molar-refractivity contribution in [3.05, 3.63) is 52.2 Å². The van der Waals surface area contributed by atoms with Crippen LogP contribution in [0, 0.1) is 0 Å². The van der Waals surface area contributed by atoms with Crippen molar-refractivity contribution in [2.24, 2.45) is 0 Å². The van der Waals surface area contributed by atoms with Gasteiger partial charge >= 0.3 is 0 Å². The van der Waals surface area contributed by atoms with Gasteiger partial charge in [0.25, 0.3) is 5.91 Å². The number of H-pyrrole nitrogens is 1. The number of amides is 1. The van der Waals surface area contributed by atoms with Crippen molar-refractivity contribution in [1.82, 2.24) is 4.98 Å². The number of benzene rings is 1. The van der Waals surface area contributed by atoms with Crippen LogP contribution in [0.3, 0.4) is 0 Å². The average molecular weight is 277 g/mol. The van der Waals surface area contributed by atoms with Crippen LogP contribution in [0.4, 0.5) is 5.69 Å². The molecule has 3 nitrogen and oxygen atoms in total. The van der Waals surface area contributed by atoms with E-state index in [-0.39, 0.29) is 5.91 Å². The maximum atomic E-state index is 11.9. The summed E-state index contributed by atoms with van der Waals surface area (Å²) in [6.07, 6.45) is 3.65. The minimum atomic E-state index is -0.0931. The number of hydrogen-bond acceptors (Lipinski definition) is 2. The normalized spacial score (nSPS) is 16.5. The highest BCUT2D eigenvalue weighted by atomic mass is 35.5. The first-order valence-electron chi connectivity index (χ1n) is 5.36. The number of carbonyl (C=O) groups is 1. The van der Waals surface area contributed by atoms with Crippen LogP contribution >= 0.6 is 23.4 Å². The summed E-state index contributed by atoms with van der Waals surface area (Å²) in [5.74, 6) is -0.0931. The summed E-state index contributed by atoms with van der Waals surface area (Å²) in [7, 11) is 0. The summed E-state index contributed by atoms with van der Waals surface area (Å²) in [5.41, 5.74) is 1.70. The molecular formula is C13H9ClN2OS. The standard InChI is InChI=1S/C13H9ClN2OS/c14-8-3-4-10-11(6-8)18-12(13(17)16-10)7-9-2-1-5-15-9/h1-7,15H,(H,16,17)/b12-7-. The Morgan fingerprint density at radius 3 is 2.94 bits per heavy atom. The molecule has 2 heterocycles. The molecule has 0 saturated carbocycles. The Bertz CT molecular complexity index is 634. The second-order valence-corrected chi connectivity index (χ2v) is 5.35. The van der Waals surface area contributed by atoms with Crippen molar-refractivity contribution in [3.63, 3.8) is 0 Å². The molecule has 0 saturated heterocycles. The number of carbonyl (C=O) groups excluding carboxylic acids is 1. The van der Waals surface area contributed by atoms with Crippen LogP contribution in [0.2, 0.25) is 5.02 Å². The van der Waals surface area contributed by atoms with Crippen molar-refractivity contribution < 1.29 is 4.79 Å². The van der Waals surface area contributed by atoms with Crippen LogP contribution in [-0.2, 0) is 4.79 Å². The predicted molar refractivity (Wildman–Crippen MR) is 74.7 cm³/mol. The van der Waals surface area contributed by atoms with Gasteiger partial charge in [0.1, 0.15) is 0 Å². The van der Waals surface area contributed by atoms with E-state index in [1.54, 1.807) is 6.07 Å². The highest BCUT2D eigenvalue weighted by Crippen LogP contribution is 2.39. The van der Waals surface area contributed by atoms with E-state index >= 15 is 0 Å². The van der Waals surface area contributed by atoms with E-state index in [9.17, 15) is 4.79 Å². The number of nitrogens with one attached hydrogen (secondary N) is 2. The molecule has 1 amide bonds. The van der Waals surface area contributed by atoms with E-state index in [1.807, 2.05) is 36.5 Å². The zero-order chi connectivity index (χ0) is 12.5. The molecule has 0 bridgehead atoms. The Labute approximate surface area is 113 Å². The predicted octanol–water partition coefficient (Wildman–Crippen LogP) is 3.75. The molecule has 1 aromatic carbocycles. The summed E-state index contributed by atoms with van der Waals surface area (Å²) >= 11 is 7.37. The fraction of sp³-hybridized carbons (Fsp3) is 0. The SMILES string of the molecule is O=C1Nc2ccc(Cl)cc2S/C1=C\c1ccc[nH]1. The Kier molecular flexibility index (Phi) is 2.89. The Hall–Kier alpha value is -1.65. The molecule has 5 heteroatoms. The van der Waals surface area contributed by atoms with Crippen LogP contribution < -0.4 is 5.32 Å². The van der Waals surface area contributed by atoms with Gasteiger partial charge in [0.05, 0.1) is 10.6 Å². The lowest BCUT2D eigenvalue weighted by atomic mass is 10.3. The molecule has 2 N–H and O–H groups in total. The largest absolute Gasteiger partial charge is 0.362 e. The number of aromatic amines is 1. The number of hydrogen-bond donors (Lipinski definition) is 2. The second-order valence-electron chi connectivity index (χ2n) is 3.83. The number of halogens is 1. The van der Waals surface area contributed by atoms with E-state index in [1.165, 1.54) is 11.8 Å². The lowest BCUT2D eigenvalue weighted by Gasteiger charge is -2.18. The fourth-order valence-electron chi connectivity index (χ4n) is 1.70.